The Balaban J connectivity index is 2.50. The standard InChI is InChI=1S/C11H7BrN2O/c12-10-5-7(14)1-3-9(10)11-4-2-8(6-13)15-11/h1-5H,14H2. The number of rotatable bonds is 1. The molecule has 0 saturated heterocycles. The van der Waals surface area contributed by atoms with E-state index in [-0.39, 0.29) is 0 Å². The van der Waals surface area contributed by atoms with Gasteiger partial charge in [0.1, 0.15) is 11.8 Å². The largest absolute Gasteiger partial charge is 0.446 e. The normalized spacial score (nSPS) is 9.87. The van der Waals surface area contributed by atoms with E-state index in [2.05, 4.69) is 15.9 Å². The molecule has 2 N–H and O–H groups in total. The Morgan fingerprint density at radius 2 is 2.07 bits per heavy atom. The Morgan fingerprint density at radius 3 is 2.67 bits per heavy atom. The summed E-state index contributed by atoms with van der Waals surface area (Å²) < 4.78 is 6.16. The van der Waals surface area contributed by atoms with Crippen molar-refractivity contribution in [2.75, 3.05) is 5.73 Å². The van der Waals surface area contributed by atoms with E-state index < -0.39 is 0 Å². The van der Waals surface area contributed by atoms with Gasteiger partial charge >= 0.3 is 0 Å². The first-order chi connectivity index (χ1) is 7.20. The lowest BCUT2D eigenvalue weighted by molar-refractivity contribution is 0.567. The molecule has 0 spiro atoms. The van der Waals surface area contributed by atoms with Crippen molar-refractivity contribution < 1.29 is 4.42 Å². The summed E-state index contributed by atoms with van der Waals surface area (Å²) in [6.07, 6.45) is 0. The number of nitrogens with two attached hydrogens (primary N) is 1. The summed E-state index contributed by atoms with van der Waals surface area (Å²) in [6.45, 7) is 0. The molecule has 74 valence electrons. The number of halogens is 1. The second-order valence-corrected chi connectivity index (χ2v) is 3.87. The molecule has 0 amide bonds. The predicted octanol–water partition coefficient (Wildman–Crippen LogP) is 3.16. The highest BCUT2D eigenvalue weighted by Crippen LogP contribution is 2.30. The molecule has 0 saturated carbocycles. The van der Waals surface area contributed by atoms with E-state index in [1.807, 2.05) is 12.1 Å². The van der Waals surface area contributed by atoms with Crippen molar-refractivity contribution in [2.45, 2.75) is 0 Å². The van der Waals surface area contributed by atoms with E-state index in [0.717, 1.165) is 10.0 Å². The van der Waals surface area contributed by atoms with Crippen molar-refractivity contribution in [1.29, 1.82) is 5.26 Å². The van der Waals surface area contributed by atoms with Crippen molar-refractivity contribution in [2.24, 2.45) is 0 Å². The van der Waals surface area contributed by atoms with E-state index in [0.29, 0.717) is 17.2 Å². The van der Waals surface area contributed by atoms with Gasteiger partial charge in [-0.2, -0.15) is 5.26 Å². The fraction of sp³-hybridized carbons (Fsp3) is 0. The average Bonchev–Trinajstić information content (AvgIpc) is 2.66. The summed E-state index contributed by atoms with van der Waals surface area (Å²) in [5.74, 6) is 0.951. The highest BCUT2D eigenvalue weighted by molar-refractivity contribution is 9.10. The fourth-order valence-corrected chi connectivity index (χ4v) is 1.87. The summed E-state index contributed by atoms with van der Waals surface area (Å²) >= 11 is 3.39. The first-order valence-electron chi connectivity index (χ1n) is 4.26. The van der Waals surface area contributed by atoms with Crippen LogP contribution in [0.25, 0.3) is 11.3 Å². The van der Waals surface area contributed by atoms with Gasteiger partial charge in [-0.05, 0) is 46.3 Å². The van der Waals surface area contributed by atoms with E-state index in [1.165, 1.54) is 0 Å². The summed E-state index contributed by atoms with van der Waals surface area (Å²) in [7, 11) is 0. The van der Waals surface area contributed by atoms with Crippen LogP contribution in [0, 0.1) is 11.3 Å². The van der Waals surface area contributed by atoms with Gasteiger partial charge in [0.15, 0.2) is 0 Å². The van der Waals surface area contributed by atoms with Crippen molar-refractivity contribution in [1.82, 2.24) is 0 Å². The molecule has 4 heteroatoms. The molecule has 15 heavy (non-hydrogen) atoms. The van der Waals surface area contributed by atoms with Crippen LogP contribution in [-0.2, 0) is 0 Å². The zero-order valence-electron chi connectivity index (χ0n) is 7.70. The molecular formula is C11H7BrN2O. The van der Waals surface area contributed by atoms with Gasteiger partial charge in [-0.15, -0.1) is 0 Å². The molecule has 0 aliphatic heterocycles. The third kappa shape index (κ3) is 1.88. The second-order valence-electron chi connectivity index (χ2n) is 3.01. The van der Waals surface area contributed by atoms with Gasteiger partial charge in [0, 0.05) is 15.7 Å². The molecule has 1 aromatic heterocycles. The van der Waals surface area contributed by atoms with E-state index in [4.69, 9.17) is 15.4 Å². The highest BCUT2D eigenvalue weighted by atomic mass is 79.9. The third-order valence-corrected chi connectivity index (χ3v) is 2.63. The molecule has 0 atom stereocenters. The number of nitrogens with zero attached hydrogens (tertiary/aromatic N) is 1. The summed E-state index contributed by atoms with van der Waals surface area (Å²) in [5, 5.41) is 8.64. The van der Waals surface area contributed by atoms with Crippen LogP contribution >= 0.6 is 15.9 Å². The first-order valence-corrected chi connectivity index (χ1v) is 5.05. The lowest BCUT2D eigenvalue weighted by Gasteiger charge is -2.01. The van der Waals surface area contributed by atoms with Gasteiger partial charge in [0.05, 0.1) is 0 Å². The number of nitrogen functional groups attached to an aromatic ring is 1. The van der Waals surface area contributed by atoms with Crippen LogP contribution in [0.15, 0.2) is 39.2 Å². The van der Waals surface area contributed by atoms with Crippen LogP contribution in [0.4, 0.5) is 5.69 Å². The van der Waals surface area contributed by atoms with Gasteiger partial charge in [0.2, 0.25) is 5.76 Å². The van der Waals surface area contributed by atoms with Crippen molar-refractivity contribution in [3.05, 3.63) is 40.6 Å². The molecule has 2 rings (SSSR count). The summed E-state index contributed by atoms with van der Waals surface area (Å²) in [6, 6.07) is 10.8. The molecule has 0 aliphatic carbocycles. The molecule has 3 nitrogen and oxygen atoms in total. The first kappa shape index (κ1) is 9.81. The lowest BCUT2D eigenvalue weighted by atomic mass is 10.1. The van der Waals surface area contributed by atoms with Crippen molar-refractivity contribution in [3.63, 3.8) is 0 Å². The predicted molar refractivity (Wildman–Crippen MR) is 61.0 cm³/mol. The second kappa shape index (κ2) is 3.79. The van der Waals surface area contributed by atoms with Gasteiger partial charge in [-0.3, -0.25) is 0 Å². The minimum Gasteiger partial charge on any atom is -0.446 e. The van der Waals surface area contributed by atoms with Gasteiger partial charge in [-0.25, -0.2) is 0 Å². The van der Waals surface area contributed by atoms with Crippen LogP contribution in [0.2, 0.25) is 0 Å². The molecule has 0 aliphatic rings. The average molecular weight is 263 g/mol. The van der Waals surface area contributed by atoms with Crippen LogP contribution < -0.4 is 5.73 Å². The lowest BCUT2D eigenvalue weighted by Crippen LogP contribution is -1.85. The molecule has 2 aromatic rings. The Labute approximate surface area is 95.2 Å². The third-order valence-electron chi connectivity index (χ3n) is 1.97. The number of hydrogen-bond donors (Lipinski definition) is 1. The minimum atomic E-state index is 0.300. The van der Waals surface area contributed by atoms with Crippen LogP contribution in [0.1, 0.15) is 5.76 Å². The summed E-state index contributed by atoms with van der Waals surface area (Å²) in [4.78, 5) is 0. The topological polar surface area (TPSA) is 63.0 Å². The van der Waals surface area contributed by atoms with Crippen molar-refractivity contribution in [3.8, 4) is 17.4 Å². The number of anilines is 1. The minimum absolute atomic E-state index is 0.300. The maximum atomic E-state index is 8.64. The Bertz CT molecular complexity index is 540. The van der Waals surface area contributed by atoms with Crippen molar-refractivity contribution >= 4 is 21.6 Å². The summed E-state index contributed by atoms with van der Waals surface area (Å²) in [5.41, 5.74) is 7.18. The number of benzene rings is 1. The molecular weight excluding hydrogens is 256 g/mol. The van der Waals surface area contributed by atoms with Crippen LogP contribution in [0.5, 0.6) is 0 Å². The molecule has 1 aromatic carbocycles. The van der Waals surface area contributed by atoms with Gasteiger partial charge in [-0.1, -0.05) is 0 Å². The Kier molecular flexibility index (Phi) is 2.48. The quantitative estimate of drug-likeness (QED) is 0.803. The zero-order chi connectivity index (χ0) is 10.8. The van der Waals surface area contributed by atoms with E-state index in [9.17, 15) is 0 Å². The maximum Gasteiger partial charge on any atom is 0.204 e. The molecule has 0 radical (unpaired) electrons. The fourth-order valence-electron chi connectivity index (χ4n) is 1.27. The number of hydrogen-bond acceptors (Lipinski definition) is 3. The van der Waals surface area contributed by atoms with Crippen LogP contribution in [0.3, 0.4) is 0 Å². The molecule has 0 fully saturated rings. The monoisotopic (exact) mass is 262 g/mol. The maximum absolute atomic E-state index is 8.64. The Hall–Kier alpha value is -1.73. The number of furan rings is 1. The molecule has 0 bridgehead atoms. The van der Waals surface area contributed by atoms with E-state index in [1.54, 1.807) is 24.3 Å². The highest BCUT2D eigenvalue weighted by Gasteiger charge is 2.07. The van der Waals surface area contributed by atoms with Crippen LogP contribution in [-0.4, -0.2) is 0 Å². The van der Waals surface area contributed by atoms with E-state index >= 15 is 0 Å². The smallest absolute Gasteiger partial charge is 0.204 e. The van der Waals surface area contributed by atoms with Gasteiger partial charge in [0.25, 0.3) is 0 Å². The van der Waals surface area contributed by atoms with Gasteiger partial charge < -0.3 is 10.2 Å². The zero-order valence-corrected chi connectivity index (χ0v) is 9.28. The molecule has 1 heterocycles. The molecule has 0 unspecified atom stereocenters. The SMILES string of the molecule is N#Cc1ccc(-c2ccc(N)cc2Br)o1. The number of nitriles is 1. The Morgan fingerprint density at radius 1 is 1.27 bits per heavy atom.